The first-order valence-corrected chi connectivity index (χ1v) is 7.52. The second kappa shape index (κ2) is 8.38. The number of carbonyl (C=O) groups excluding carboxylic acids is 2. The fraction of sp³-hybridized carbons (Fsp3) is 0.500. The molecule has 2 amide bonds. The number of ether oxygens (including phenoxy) is 2. The van der Waals surface area contributed by atoms with E-state index in [1.807, 2.05) is 6.07 Å². The van der Waals surface area contributed by atoms with Gasteiger partial charge in [0, 0.05) is 26.8 Å². The van der Waals surface area contributed by atoms with Crippen molar-refractivity contribution < 1.29 is 19.1 Å². The summed E-state index contributed by atoms with van der Waals surface area (Å²) in [5, 5.41) is 2.84. The normalized spacial score (nSPS) is 17.3. The molecule has 1 aromatic carbocycles. The van der Waals surface area contributed by atoms with Gasteiger partial charge in [0.15, 0.2) is 0 Å². The Labute approximate surface area is 130 Å². The quantitative estimate of drug-likeness (QED) is 0.814. The van der Waals surface area contributed by atoms with Gasteiger partial charge in [-0.3, -0.25) is 9.69 Å². The summed E-state index contributed by atoms with van der Waals surface area (Å²) in [6.07, 6.45) is 1.75. The van der Waals surface area contributed by atoms with Crippen molar-refractivity contribution >= 4 is 12.0 Å². The van der Waals surface area contributed by atoms with E-state index in [9.17, 15) is 9.59 Å². The maximum Gasteiger partial charge on any atom is 0.415 e. The van der Waals surface area contributed by atoms with Crippen molar-refractivity contribution in [2.45, 2.75) is 25.3 Å². The Morgan fingerprint density at radius 2 is 2.09 bits per heavy atom. The van der Waals surface area contributed by atoms with Gasteiger partial charge < -0.3 is 14.8 Å². The molecule has 120 valence electrons. The third-order valence-electron chi connectivity index (χ3n) is 3.56. The fourth-order valence-corrected chi connectivity index (χ4v) is 2.45. The topological polar surface area (TPSA) is 67.9 Å². The first-order chi connectivity index (χ1) is 10.7. The summed E-state index contributed by atoms with van der Waals surface area (Å²) < 4.78 is 10.2. The lowest BCUT2D eigenvalue weighted by Crippen LogP contribution is -2.47. The van der Waals surface area contributed by atoms with Gasteiger partial charge >= 0.3 is 6.09 Å². The molecule has 0 bridgehead atoms. The van der Waals surface area contributed by atoms with E-state index < -0.39 is 12.1 Å². The molecule has 1 aliphatic rings. The molecule has 1 aromatic rings. The van der Waals surface area contributed by atoms with E-state index >= 15 is 0 Å². The largest absolute Gasteiger partial charge is 0.415 e. The summed E-state index contributed by atoms with van der Waals surface area (Å²) in [5.74, 6) is 0.359. The van der Waals surface area contributed by atoms with Crippen LogP contribution in [0.25, 0.3) is 0 Å². The van der Waals surface area contributed by atoms with Crippen molar-refractivity contribution in [3.8, 4) is 5.75 Å². The SMILES string of the molecule is COCCCNC(=O)[C@H]1CCCN1C(=O)Oc1ccccc1. The van der Waals surface area contributed by atoms with Crippen molar-refractivity contribution in [3.05, 3.63) is 30.3 Å². The third-order valence-corrected chi connectivity index (χ3v) is 3.56. The zero-order valence-corrected chi connectivity index (χ0v) is 12.8. The molecule has 0 radical (unpaired) electrons. The molecule has 0 saturated carbocycles. The number of nitrogens with one attached hydrogen (secondary N) is 1. The maximum absolute atomic E-state index is 12.2. The third kappa shape index (κ3) is 4.46. The molecule has 2 rings (SSSR count). The smallest absolute Gasteiger partial charge is 0.410 e. The van der Waals surface area contributed by atoms with Crippen LogP contribution in [0.3, 0.4) is 0 Å². The Morgan fingerprint density at radius 3 is 2.82 bits per heavy atom. The lowest BCUT2D eigenvalue weighted by atomic mass is 10.2. The number of nitrogens with zero attached hydrogens (tertiary/aromatic N) is 1. The van der Waals surface area contributed by atoms with E-state index in [1.54, 1.807) is 31.4 Å². The monoisotopic (exact) mass is 306 g/mol. The predicted molar refractivity (Wildman–Crippen MR) is 81.7 cm³/mol. The van der Waals surface area contributed by atoms with Gasteiger partial charge in [-0.05, 0) is 31.4 Å². The number of hydrogen-bond acceptors (Lipinski definition) is 4. The lowest BCUT2D eigenvalue weighted by molar-refractivity contribution is -0.124. The molecule has 22 heavy (non-hydrogen) atoms. The van der Waals surface area contributed by atoms with Crippen molar-refractivity contribution in [3.63, 3.8) is 0 Å². The Hall–Kier alpha value is -2.08. The summed E-state index contributed by atoms with van der Waals surface area (Å²) in [6, 6.07) is 8.43. The van der Waals surface area contributed by atoms with E-state index in [1.165, 1.54) is 4.90 Å². The highest BCUT2D eigenvalue weighted by Crippen LogP contribution is 2.20. The molecule has 0 spiro atoms. The predicted octanol–water partition coefficient (Wildman–Crippen LogP) is 1.80. The van der Waals surface area contributed by atoms with Crippen molar-refractivity contribution in [1.29, 1.82) is 0 Å². The second-order valence-corrected chi connectivity index (χ2v) is 5.17. The van der Waals surface area contributed by atoms with Crippen molar-refractivity contribution in [1.82, 2.24) is 10.2 Å². The number of hydrogen-bond donors (Lipinski definition) is 1. The zero-order chi connectivity index (χ0) is 15.8. The van der Waals surface area contributed by atoms with Crippen LogP contribution in [-0.2, 0) is 9.53 Å². The van der Waals surface area contributed by atoms with Gasteiger partial charge in [0.2, 0.25) is 5.91 Å². The van der Waals surface area contributed by atoms with Gasteiger partial charge in [0.25, 0.3) is 0 Å². The van der Waals surface area contributed by atoms with Crippen LogP contribution >= 0.6 is 0 Å². The van der Waals surface area contributed by atoms with Gasteiger partial charge in [-0.2, -0.15) is 0 Å². The molecule has 6 nitrogen and oxygen atoms in total. The highest BCUT2D eigenvalue weighted by Gasteiger charge is 2.35. The molecule has 0 aromatic heterocycles. The van der Waals surface area contributed by atoms with Gasteiger partial charge in [-0.25, -0.2) is 4.79 Å². The van der Waals surface area contributed by atoms with Gasteiger partial charge in [0.05, 0.1) is 0 Å². The summed E-state index contributed by atoms with van der Waals surface area (Å²) in [7, 11) is 1.63. The number of rotatable bonds is 6. The van der Waals surface area contributed by atoms with Crippen LogP contribution in [0, 0.1) is 0 Å². The average molecular weight is 306 g/mol. The highest BCUT2D eigenvalue weighted by molar-refractivity contribution is 5.86. The van der Waals surface area contributed by atoms with Crippen LogP contribution in [-0.4, -0.2) is 49.7 Å². The summed E-state index contributed by atoms with van der Waals surface area (Å²) in [6.45, 7) is 1.69. The molecule has 1 aliphatic heterocycles. The van der Waals surface area contributed by atoms with Crippen LogP contribution in [0.15, 0.2) is 30.3 Å². The first-order valence-electron chi connectivity index (χ1n) is 7.52. The van der Waals surface area contributed by atoms with Crippen LogP contribution in [0.2, 0.25) is 0 Å². The van der Waals surface area contributed by atoms with Gasteiger partial charge in [-0.15, -0.1) is 0 Å². The Kier molecular flexibility index (Phi) is 6.21. The summed E-state index contributed by atoms with van der Waals surface area (Å²) in [4.78, 5) is 25.9. The van der Waals surface area contributed by atoms with Gasteiger partial charge in [0.1, 0.15) is 11.8 Å². The summed E-state index contributed by atoms with van der Waals surface area (Å²) >= 11 is 0. The second-order valence-electron chi connectivity index (χ2n) is 5.17. The molecular weight excluding hydrogens is 284 g/mol. The van der Waals surface area contributed by atoms with E-state index in [2.05, 4.69) is 5.32 Å². The van der Waals surface area contributed by atoms with Crippen LogP contribution < -0.4 is 10.1 Å². The highest BCUT2D eigenvalue weighted by atomic mass is 16.6. The molecule has 1 saturated heterocycles. The van der Waals surface area contributed by atoms with Crippen LogP contribution in [0.4, 0.5) is 4.79 Å². The number of benzene rings is 1. The molecular formula is C16H22N2O4. The van der Waals surface area contributed by atoms with Gasteiger partial charge in [-0.1, -0.05) is 18.2 Å². The molecule has 6 heteroatoms. The van der Waals surface area contributed by atoms with Crippen LogP contribution in [0.1, 0.15) is 19.3 Å². The minimum Gasteiger partial charge on any atom is -0.410 e. The number of methoxy groups -OCH3 is 1. The number of para-hydroxylation sites is 1. The Balaban J connectivity index is 1.86. The van der Waals surface area contributed by atoms with Crippen molar-refractivity contribution in [2.24, 2.45) is 0 Å². The maximum atomic E-state index is 12.2. The molecule has 1 atom stereocenters. The average Bonchev–Trinajstić information content (AvgIpc) is 3.02. The zero-order valence-electron chi connectivity index (χ0n) is 12.8. The van der Waals surface area contributed by atoms with Crippen LogP contribution in [0.5, 0.6) is 5.75 Å². The molecule has 0 aliphatic carbocycles. The first kappa shape index (κ1) is 16.3. The van der Waals surface area contributed by atoms with E-state index in [0.717, 1.165) is 12.8 Å². The molecule has 0 unspecified atom stereocenters. The minimum atomic E-state index is -0.472. The number of carbonyl (C=O) groups is 2. The fourth-order valence-electron chi connectivity index (χ4n) is 2.45. The standard InChI is InChI=1S/C16H22N2O4/c1-21-12-6-10-17-15(19)14-9-5-11-18(14)16(20)22-13-7-3-2-4-8-13/h2-4,7-8,14H,5-6,9-12H2,1H3,(H,17,19)/t14-/m1/s1. The van der Waals surface area contributed by atoms with Crippen molar-refractivity contribution in [2.75, 3.05) is 26.8 Å². The summed E-state index contributed by atoms with van der Waals surface area (Å²) in [5.41, 5.74) is 0. The molecule has 1 heterocycles. The Bertz CT molecular complexity index is 492. The number of likely N-dealkylation sites (tertiary alicyclic amines) is 1. The minimum absolute atomic E-state index is 0.126. The number of amides is 2. The molecule has 1 fully saturated rings. The van der Waals surface area contributed by atoms with E-state index in [4.69, 9.17) is 9.47 Å². The lowest BCUT2D eigenvalue weighted by Gasteiger charge is -2.23. The van der Waals surface area contributed by atoms with E-state index in [-0.39, 0.29) is 5.91 Å². The molecule has 1 N–H and O–H groups in total. The van der Waals surface area contributed by atoms with E-state index in [0.29, 0.717) is 31.9 Å². The Morgan fingerprint density at radius 1 is 1.32 bits per heavy atom.